The molecule has 2 fully saturated rings. The van der Waals surface area contributed by atoms with E-state index in [0.717, 1.165) is 5.56 Å². The number of hydrogen-bond acceptors (Lipinski definition) is 9. The lowest BCUT2D eigenvalue weighted by Gasteiger charge is -2.29. The summed E-state index contributed by atoms with van der Waals surface area (Å²) in [6.45, 7) is 1.98. The summed E-state index contributed by atoms with van der Waals surface area (Å²) >= 11 is 0. The summed E-state index contributed by atoms with van der Waals surface area (Å²) in [6, 6.07) is 11.3. The molecule has 11 heteroatoms. The molecule has 2 aliphatic rings. The molecular weight excluding hydrogens is 435 g/mol. The Balaban J connectivity index is 1.28. The van der Waals surface area contributed by atoms with E-state index in [4.69, 9.17) is 24.0 Å². The van der Waals surface area contributed by atoms with E-state index in [9.17, 15) is 9.67 Å². The SMILES string of the molecule is C[C@H]1[C@H](O)[C@@H](COP2(=O)OCC[C@H](c3ccccc3)O2)O[C@H]1n1ccc2c(N)ncnc21. The highest BCUT2D eigenvalue weighted by atomic mass is 31.2. The number of phosphoric ester groups is 1. The van der Waals surface area contributed by atoms with Crippen LogP contribution < -0.4 is 5.73 Å². The van der Waals surface area contributed by atoms with E-state index in [2.05, 4.69) is 9.97 Å². The summed E-state index contributed by atoms with van der Waals surface area (Å²) < 4.78 is 37.5. The molecule has 2 aliphatic heterocycles. The van der Waals surface area contributed by atoms with Gasteiger partial charge in [0.05, 0.1) is 30.8 Å². The lowest BCUT2D eigenvalue weighted by Crippen LogP contribution is -2.29. The first-order valence-electron chi connectivity index (χ1n) is 10.5. The van der Waals surface area contributed by atoms with Crippen molar-refractivity contribution >= 4 is 24.7 Å². The quantitative estimate of drug-likeness (QED) is 0.551. The first kappa shape index (κ1) is 21.5. The van der Waals surface area contributed by atoms with Crippen LogP contribution in [0, 0.1) is 5.92 Å². The van der Waals surface area contributed by atoms with Gasteiger partial charge in [0.25, 0.3) is 0 Å². The Morgan fingerprint density at radius 1 is 1.28 bits per heavy atom. The second-order valence-corrected chi connectivity index (χ2v) is 9.63. The van der Waals surface area contributed by atoms with Crippen molar-refractivity contribution in [1.29, 1.82) is 0 Å². The molecule has 170 valence electrons. The normalized spacial score (nSPS) is 33.0. The number of ether oxygens (including phenoxy) is 1. The van der Waals surface area contributed by atoms with Crippen molar-refractivity contribution in [2.45, 2.75) is 37.9 Å². The molecule has 32 heavy (non-hydrogen) atoms. The number of nitrogen functional groups attached to an aromatic ring is 1. The molecule has 3 N–H and O–H groups in total. The average Bonchev–Trinajstić information content (AvgIpc) is 3.35. The monoisotopic (exact) mass is 460 g/mol. The van der Waals surface area contributed by atoms with Crippen LogP contribution in [0.5, 0.6) is 0 Å². The van der Waals surface area contributed by atoms with Crippen LogP contribution in [0.4, 0.5) is 5.82 Å². The number of fused-ring (bicyclic) bond motifs is 1. The maximum absolute atomic E-state index is 13.0. The van der Waals surface area contributed by atoms with Crippen LogP contribution >= 0.6 is 7.82 Å². The van der Waals surface area contributed by atoms with Crippen molar-refractivity contribution in [2.24, 2.45) is 5.92 Å². The Morgan fingerprint density at radius 3 is 2.91 bits per heavy atom. The number of phosphoric acid groups is 1. The van der Waals surface area contributed by atoms with Crippen LogP contribution in [-0.2, 0) is 22.9 Å². The largest absolute Gasteiger partial charge is 0.475 e. The summed E-state index contributed by atoms with van der Waals surface area (Å²) in [5.74, 6) is 0.0964. The first-order valence-corrected chi connectivity index (χ1v) is 11.9. The van der Waals surface area contributed by atoms with Gasteiger partial charge in [0.15, 0.2) is 0 Å². The molecule has 0 amide bonds. The number of nitrogens with zero attached hydrogens (tertiary/aromatic N) is 3. The molecule has 0 spiro atoms. The highest BCUT2D eigenvalue weighted by molar-refractivity contribution is 7.48. The molecule has 0 aliphatic carbocycles. The number of rotatable bonds is 5. The van der Waals surface area contributed by atoms with Crippen LogP contribution in [-0.4, -0.2) is 45.1 Å². The summed E-state index contributed by atoms with van der Waals surface area (Å²) in [4.78, 5) is 8.29. The number of hydrogen-bond donors (Lipinski definition) is 2. The Hall–Kier alpha value is -2.33. The predicted octanol–water partition coefficient (Wildman–Crippen LogP) is 3.21. The van der Waals surface area contributed by atoms with Gasteiger partial charge in [0.1, 0.15) is 30.1 Å². The zero-order valence-corrected chi connectivity index (χ0v) is 18.4. The highest BCUT2D eigenvalue weighted by Crippen LogP contribution is 2.57. The lowest BCUT2D eigenvalue weighted by atomic mass is 10.0. The molecule has 1 aromatic carbocycles. The molecule has 0 radical (unpaired) electrons. The molecule has 2 aromatic heterocycles. The minimum Gasteiger partial charge on any atom is -0.390 e. The minimum atomic E-state index is -3.79. The van der Waals surface area contributed by atoms with Crippen molar-refractivity contribution in [3.8, 4) is 0 Å². The Bertz CT molecular complexity index is 1140. The Kier molecular flexibility index (Phi) is 5.75. The molecule has 4 heterocycles. The third-order valence-electron chi connectivity index (χ3n) is 5.95. The van der Waals surface area contributed by atoms with Crippen LogP contribution in [0.1, 0.15) is 31.2 Å². The summed E-state index contributed by atoms with van der Waals surface area (Å²) in [5, 5.41) is 11.5. The fourth-order valence-electron chi connectivity index (χ4n) is 4.18. The molecule has 10 nitrogen and oxygen atoms in total. The number of anilines is 1. The van der Waals surface area contributed by atoms with Crippen molar-refractivity contribution in [3.05, 3.63) is 54.5 Å². The van der Waals surface area contributed by atoms with Gasteiger partial charge >= 0.3 is 7.82 Å². The van der Waals surface area contributed by atoms with Gasteiger partial charge in [-0.1, -0.05) is 37.3 Å². The van der Waals surface area contributed by atoms with Crippen LogP contribution in [0.2, 0.25) is 0 Å². The van der Waals surface area contributed by atoms with Gasteiger partial charge in [-0.25, -0.2) is 14.5 Å². The molecule has 1 unspecified atom stereocenters. The number of aliphatic hydroxyl groups is 1. The molecule has 3 aromatic rings. The zero-order chi connectivity index (χ0) is 22.3. The van der Waals surface area contributed by atoms with E-state index in [-0.39, 0.29) is 25.2 Å². The number of aromatic nitrogens is 3. The van der Waals surface area contributed by atoms with E-state index in [0.29, 0.717) is 23.3 Å². The Morgan fingerprint density at radius 2 is 2.09 bits per heavy atom. The summed E-state index contributed by atoms with van der Waals surface area (Å²) in [6.07, 6.45) is 1.30. The number of aliphatic hydroxyl groups excluding tert-OH is 1. The first-order chi connectivity index (χ1) is 15.5. The van der Waals surface area contributed by atoms with E-state index in [1.165, 1.54) is 6.33 Å². The van der Waals surface area contributed by atoms with Gasteiger partial charge in [-0.15, -0.1) is 0 Å². The van der Waals surface area contributed by atoms with Gasteiger partial charge in [-0.2, -0.15) is 0 Å². The third-order valence-corrected chi connectivity index (χ3v) is 7.43. The van der Waals surface area contributed by atoms with E-state index >= 15 is 0 Å². The summed E-state index contributed by atoms with van der Waals surface area (Å²) in [5.41, 5.74) is 7.44. The van der Waals surface area contributed by atoms with Gasteiger partial charge in [-0.05, 0) is 11.6 Å². The topological polar surface area (TPSA) is 131 Å². The molecule has 2 saturated heterocycles. The van der Waals surface area contributed by atoms with Crippen LogP contribution in [0.15, 0.2) is 48.9 Å². The molecular formula is C21H25N4O6P. The maximum atomic E-state index is 13.0. The smallest absolute Gasteiger partial charge is 0.390 e. The highest BCUT2D eigenvalue weighted by Gasteiger charge is 2.45. The summed E-state index contributed by atoms with van der Waals surface area (Å²) in [7, 11) is -3.79. The molecule has 5 rings (SSSR count). The minimum absolute atomic E-state index is 0.142. The third kappa shape index (κ3) is 3.94. The fraction of sp³-hybridized carbons (Fsp3) is 0.429. The van der Waals surface area contributed by atoms with E-state index in [1.807, 2.05) is 47.9 Å². The Labute approximate surface area is 184 Å². The van der Waals surface area contributed by atoms with Crippen molar-refractivity contribution in [1.82, 2.24) is 14.5 Å². The van der Waals surface area contributed by atoms with Crippen LogP contribution in [0.25, 0.3) is 11.0 Å². The van der Waals surface area contributed by atoms with E-state index in [1.54, 1.807) is 6.20 Å². The average molecular weight is 460 g/mol. The van der Waals surface area contributed by atoms with Gasteiger partial charge in [-0.3, -0.25) is 13.6 Å². The number of benzene rings is 1. The lowest BCUT2D eigenvalue weighted by molar-refractivity contribution is -0.0536. The zero-order valence-electron chi connectivity index (χ0n) is 17.5. The standard InChI is InChI=1S/C21H25N4O6P/c1-13-18(26)17(30-21(13)25-9-7-15-19(22)23-12-24-20(15)25)11-29-32(27)28-10-8-16(31-32)14-5-3-2-4-6-14/h2-7,9,12-13,16-18,21,26H,8,10-11H2,1H3,(H2,22,23,24)/t13-,16+,17+,18-,21+,32?/m0/s1. The molecule has 0 saturated carbocycles. The number of nitrogens with two attached hydrogens (primary N) is 1. The van der Waals surface area contributed by atoms with Gasteiger partial charge < -0.3 is 20.1 Å². The van der Waals surface area contributed by atoms with Gasteiger partial charge in [0.2, 0.25) is 0 Å². The molecule has 0 bridgehead atoms. The van der Waals surface area contributed by atoms with Crippen molar-refractivity contribution in [3.63, 3.8) is 0 Å². The van der Waals surface area contributed by atoms with Crippen molar-refractivity contribution in [2.75, 3.05) is 18.9 Å². The predicted molar refractivity (Wildman–Crippen MR) is 115 cm³/mol. The second kappa shape index (κ2) is 8.55. The van der Waals surface area contributed by atoms with Crippen molar-refractivity contribution < 1.29 is 28.0 Å². The fourth-order valence-corrected chi connectivity index (χ4v) is 5.58. The van der Waals surface area contributed by atoms with Gasteiger partial charge in [0, 0.05) is 18.5 Å². The van der Waals surface area contributed by atoms with E-state index < -0.39 is 26.3 Å². The maximum Gasteiger partial charge on any atom is 0.475 e. The van der Waals surface area contributed by atoms with Crippen LogP contribution in [0.3, 0.4) is 0 Å². The second-order valence-electron chi connectivity index (χ2n) is 8.00. The molecule has 6 atom stereocenters.